The number of rotatable bonds is 6. The number of amides is 2. The van der Waals surface area contributed by atoms with Crippen LogP contribution in [0, 0.1) is 10.1 Å². The van der Waals surface area contributed by atoms with Crippen LogP contribution in [0.1, 0.15) is 18.9 Å². The first-order valence-electron chi connectivity index (χ1n) is 9.14. The van der Waals surface area contributed by atoms with Gasteiger partial charge in [-0.1, -0.05) is 17.8 Å². The van der Waals surface area contributed by atoms with Crippen molar-refractivity contribution in [2.24, 2.45) is 10.2 Å². The zero-order chi connectivity index (χ0) is 22.4. The van der Waals surface area contributed by atoms with Crippen LogP contribution in [0.15, 0.2) is 58.7 Å². The molecular formula is C20H19N5O5S. The number of methoxy groups -OCH3 is 1. The summed E-state index contributed by atoms with van der Waals surface area (Å²) < 4.78 is 5.12. The van der Waals surface area contributed by atoms with Gasteiger partial charge in [0.1, 0.15) is 11.0 Å². The van der Waals surface area contributed by atoms with Crippen LogP contribution in [0.3, 0.4) is 0 Å². The fraction of sp³-hybridized carbons (Fsp3) is 0.200. The smallest absolute Gasteiger partial charge is 0.271 e. The van der Waals surface area contributed by atoms with Crippen LogP contribution in [0.2, 0.25) is 0 Å². The Balaban J connectivity index is 1.70. The third-order valence-electron chi connectivity index (χ3n) is 4.29. The van der Waals surface area contributed by atoms with E-state index in [0.717, 1.165) is 23.1 Å². The molecule has 1 aliphatic heterocycles. The van der Waals surface area contributed by atoms with E-state index >= 15 is 0 Å². The summed E-state index contributed by atoms with van der Waals surface area (Å²) in [7, 11) is 1.58. The number of nitrogens with zero attached hydrogens (tertiary/aromatic N) is 3. The average Bonchev–Trinajstić information content (AvgIpc) is 2.77. The Morgan fingerprint density at radius 3 is 2.71 bits per heavy atom. The van der Waals surface area contributed by atoms with Crippen LogP contribution < -0.4 is 15.4 Å². The SMILES string of the molecule is COc1ccc(C(C)=NN=C2NC(=O)CC(C(=O)Nc3cccc([N+](=O)[O-])c3)S2)cc1. The topological polar surface area (TPSA) is 135 Å². The summed E-state index contributed by atoms with van der Waals surface area (Å²) in [5.74, 6) is -0.103. The molecule has 1 unspecified atom stereocenters. The molecule has 2 amide bonds. The van der Waals surface area contributed by atoms with Crippen molar-refractivity contribution in [2.45, 2.75) is 18.6 Å². The predicted molar refractivity (Wildman–Crippen MR) is 119 cm³/mol. The highest BCUT2D eigenvalue weighted by atomic mass is 32.2. The van der Waals surface area contributed by atoms with Gasteiger partial charge in [0.15, 0.2) is 5.17 Å². The van der Waals surface area contributed by atoms with E-state index in [-0.39, 0.29) is 28.9 Å². The van der Waals surface area contributed by atoms with Gasteiger partial charge >= 0.3 is 0 Å². The predicted octanol–water partition coefficient (Wildman–Crippen LogP) is 2.94. The Morgan fingerprint density at radius 1 is 1.29 bits per heavy atom. The first kappa shape index (κ1) is 22.0. The molecule has 11 heteroatoms. The summed E-state index contributed by atoms with van der Waals surface area (Å²) >= 11 is 1.06. The van der Waals surface area contributed by atoms with Crippen molar-refractivity contribution in [2.75, 3.05) is 12.4 Å². The lowest BCUT2D eigenvalue weighted by atomic mass is 10.1. The number of nitrogens with one attached hydrogen (secondary N) is 2. The molecule has 2 N–H and O–H groups in total. The monoisotopic (exact) mass is 441 g/mol. The van der Waals surface area contributed by atoms with E-state index in [1.54, 1.807) is 26.2 Å². The number of non-ortho nitro benzene ring substituents is 1. The minimum Gasteiger partial charge on any atom is -0.497 e. The van der Waals surface area contributed by atoms with E-state index < -0.39 is 16.1 Å². The average molecular weight is 441 g/mol. The lowest BCUT2D eigenvalue weighted by Gasteiger charge is -2.21. The maximum absolute atomic E-state index is 12.6. The Labute approximate surface area is 181 Å². The number of hydrogen-bond acceptors (Lipinski definition) is 8. The van der Waals surface area contributed by atoms with Crippen molar-refractivity contribution in [3.05, 3.63) is 64.2 Å². The van der Waals surface area contributed by atoms with Gasteiger partial charge in [-0.25, -0.2) is 0 Å². The molecule has 1 atom stereocenters. The highest BCUT2D eigenvalue weighted by molar-refractivity contribution is 8.15. The fourth-order valence-corrected chi connectivity index (χ4v) is 3.60. The summed E-state index contributed by atoms with van der Waals surface area (Å²) in [6.07, 6.45) is -0.0500. The van der Waals surface area contributed by atoms with Crippen LogP contribution in [-0.4, -0.2) is 40.0 Å². The van der Waals surface area contributed by atoms with E-state index in [0.29, 0.717) is 5.71 Å². The quantitative estimate of drug-likeness (QED) is 0.402. The minimum atomic E-state index is -0.747. The lowest BCUT2D eigenvalue weighted by Crippen LogP contribution is -2.41. The van der Waals surface area contributed by atoms with E-state index in [9.17, 15) is 19.7 Å². The van der Waals surface area contributed by atoms with Gasteiger partial charge in [0.25, 0.3) is 5.69 Å². The van der Waals surface area contributed by atoms with Crippen molar-refractivity contribution in [1.29, 1.82) is 0 Å². The van der Waals surface area contributed by atoms with E-state index in [1.165, 1.54) is 24.3 Å². The number of ether oxygens (including phenoxy) is 1. The molecule has 1 saturated heterocycles. The number of carbonyl (C=O) groups excluding carboxylic acids is 2. The third-order valence-corrected chi connectivity index (χ3v) is 5.36. The van der Waals surface area contributed by atoms with Crippen LogP contribution in [-0.2, 0) is 9.59 Å². The highest BCUT2D eigenvalue weighted by Gasteiger charge is 2.30. The number of hydrogen-bond donors (Lipinski definition) is 2. The molecule has 160 valence electrons. The molecule has 31 heavy (non-hydrogen) atoms. The lowest BCUT2D eigenvalue weighted by molar-refractivity contribution is -0.384. The summed E-state index contributed by atoms with van der Waals surface area (Å²) in [6, 6.07) is 12.8. The summed E-state index contributed by atoms with van der Waals surface area (Å²) in [5, 5.41) is 23.7. The number of nitro benzene ring substituents is 1. The standard InChI is InChI=1S/C20H19N5O5S/c1-12(13-6-8-16(30-2)9-7-13)23-24-20-22-18(26)11-17(31-20)19(27)21-14-4-3-5-15(10-14)25(28)29/h3-10,17H,11H2,1-2H3,(H,21,27)(H,22,24,26). The number of benzene rings is 2. The van der Waals surface area contributed by atoms with E-state index in [1.807, 2.05) is 12.1 Å². The van der Waals surface area contributed by atoms with Gasteiger partial charge in [0.2, 0.25) is 11.8 Å². The number of nitro groups is 1. The zero-order valence-corrected chi connectivity index (χ0v) is 17.5. The van der Waals surface area contributed by atoms with Gasteiger partial charge in [-0.05, 0) is 42.8 Å². The molecule has 10 nitrogen and oxygen atoms in total. The first-order valence-corrected chi connectivity index (χ1v) is 10.0. The molecule has 1 fully saturated rings. The third kappa shape index (κ3) is 5.89. The van der Waals surface area contributed by atoms with E-state index in [2.05, 4.69) is 20.8 Å². The van der Waals surface area contributed by atoms with Crippen molar-refractivity contribution < 1.29 is 19.2 Å². The first-order chi connectivity index (χ1) is 14.9. The molecule has 0 bridgehead atoms. The maximum atomic E-state index is 12.6. The Hall–Kier alpha value is -3.73. The molecule has 0 saturated carbocycles. The molecule has 3 rings (SSSR count). The Kier molecular flexibility index (Phi) is 6.98. The normalized spacial score (nSPS) is 17.7. The van der Waals surface area contributed by atoms with Crippen molar-refractivity contribution in [3.8, 4) is 5.75 Å². The molecule has 0 aromatic heterocycles. The number of anilines is 1. The van der Waals surface area contributed by atoms with Crippen LogP contribution in [0.25, 0.3) is 0 Å². The number of amidine groups is 1. The van der Waals surface area contributed by atoms with Crippen molar-refractivity contribution in [3.63, 3.8) is 0 Å². The van der Waals surface area contributed by atoms with Crippen molar-refractivity contribution >= 4 is 45.8 Å². The summed E-state index contributed by atoms with van der Waals surface area (Å²) in [4.78, 5) is 34.9. The minimum absolute atomic E-state index is 0.0500. The van der Waals surface area contributed by atoms with Gasteiger partial charge < -0.3 is 15.4 Å². The van der Waals surface area contributed by atoms with Gasteiger partial charge in [-0.2, -0.15) is 5.10 Å². The Bertz CT molecular complexity index is 1070. The number of thioether (sulfide) groups is 1. The molecule has 2 aromatic carbocycles. The molecule has 2 aromatic rings. The Morgan fingerprint density at radius 2 is 2.03 bits per heavy atom. The summed E-state index contributed by atoms with van der Waals surface area (Å²) in [6.45, 7) is 1.77. The second-order valence-electron chi connectivity index (χ2n) is 6.47. The van der Waals surface area contributed by atoms with Crippen LogP contribution in [0.4, 0.5) is 11.4 Å². The molecule has 1 heterocycles. The molecule has 0 radical (unpaired) electrons. The molecule has 1 aliphatic rings. The van der Waals surface area contributed by atoms with Crippen molar-refractivity contribution in [1.82, 2.24) is 5.32 Å². The van der Waals surface area contributed by atoms with Crippen LogP contribution in [0.5, 0.6) is 5.75 Å². The second-order valence-corrected chi connectivity index (χ2v) is 7.67. The molecular weight excluding hydrogens is 422 g/mol. The van der Waals surface area contributed by atoms with E-state index in [4.69, 9.17) is 4.74 Å². The zero-order valence-electron chi connectivity index (χ0n) is 16.7. The fourth-order valence-electron chi connectivity index (χ4n) is 2.67. The highest BCUT2D eigenvalue weighted by Crippen LogP contribution is 2.24. The summed E-state index contributed by atoms with van der Waals surface area (Å²) in [5.41, 5.74) is 1.58. The van der Waals surface area contributed by atoms with Gasteiger partial charge in [-0.15, -0.1) is 5.10 Å². The van der Waals surface area contributed by atoms with Gasteiger partial charge in [0, 0.05) is 24.2 Å². The van der Waals surface area contributed by atoms with Gasteiger partial charge in [0.05, 0.1) is 17.7 Å². The largest absolute Gasteiger partial charge is 0.497 e. The van der Waals surface area contributed by atoms with Gasteiger partial charge in [-0.3, -0.25) is 19.7 Å². The number of carbonyl (C=O) groups is 2. The molecule has 0 aliphatic carbocycles. The second kappa shape index (κ2) is 9.85. The maximum Gasteiger partial charge on any atom is 0.271 e. The molecule has 0 spiro atoms. The van der Waals surface area contributed by atoms with Crippen LogP contribution >= 0.6 is 11.8 Å².